The molecule has 1 heterocycles. The van der Waals surface area contributed by atoms with Crippen LogP contribution in [0, 0.1) is 0 Å². The predicted molar refractivity (Wildman–Crippen MR) is 52.5 cm³/mol. The number of nitrogens with two attached hydrogens (primary N) is 1. The molecular weight excluding hydrogens is 166 g/mol. The molecule has 0 aliphatic carbocycles. The molecule has 1 rings (SSSR count). The van der Waals surface area contributed by atoms with Crippen molar-refractivity contribution in [2.24, 2.45) is 5.73 Å². The van der Waals surface area contributed by atoms with Crippen LogP contribution >= 0.6 is 0 Å². The van der Waals surface area contributed by atoms with Crippen LogP contribution in [-0.2, 0) is 0 Å². The topological polar surface area (TPSA) is 58.4 Å². The van der Waals surface area contributed by atoms with Gasteiger partial charge in [0.25, 0.3) is 0 Å². The first-order valence-corrected chi connectivity index (χ1v) is 5.04. The third kappa shape index (κ3) is 2.59. The van der Waals surface area contributed by atoms with E-state index in [0.29, 0.717) is 13.1 Å². The van der Waals surface area contributed by atoms with Crippen LogP contribution in [0.25, 0.3) is 0 Å². The number of amides is 2. The molecule has 1 aliphatic rings. The Morgan fingerprint density at radius 1 is 1.62 bits per heavy atom. The molecule has 1 atom stereocenters. The SMILES string of the molecule is CCNC(=O)N1CCCCC1CN. The van der Waals surface area contributed by atoms with Gasteiger partial charge in [-0.05, 0) is 26.2 Å². The third-order valence-electron chi connectivity index (χ3n) is 2.49. The zero-order valence-electron chi connectivity index (χ0n) is 8.25. The Balaban J connectivity index is 2.48. The van der Waals surface area contributed by atoms with E-state index in [2.05, 4.69) is 5.32 Å². The maximum atomic E-state index is 11.5. The number of rotatable bonds is 2. The Hall–Kier alpha value is -0.770. The molecule has 0 bridgehead atoms. The fraction of sp³-hybridized carbons (Fsp3) is 0.889. The van der Waals surface area contributed by atoms with Crippen molar-refractivity contribution in [1.29, 1.82) is 0 Å². The highest BCUT2D eigenvalue weighted by atomic mass is 16.2. The highest BCUT2D eigenvalue weighted by molar-refractivity contribution is 5.74. The van der Waals surface area contributed by atoms with Gasteiger partial charge >= 0.3 is 6.03 Å². The van der Waals surface area contributed by atoms with Crippen molar-refractivity contribution >= 4 is 6.03 Å². The molecule has 4 nitrogen and oxygen atoms in total. The smallest absolute Gasteiger partial charge is 0.317 e. The normalized spacial score (nSPS) is 22.9. The van der Waals surface area contributed by atoms with Gasteiger partial charge in [-0.3, -0.25) is 0 Å². The van der Waals surface area contributed by atoms with E-state index in [0.717, 1.165) is 19.4 Å². The minimum absolute atomic E-state index is 0.0395. The zero-order chi connectivity index (χ0) is 9.68. The van der Waals surface area contributed by atoms with Gasteiger partial charge in [0.05, 0.1) is 0 Å². The van der Waals surface area contributed by atoms with Gasteiger partial charge in [-0.25, -0.2) is 4.79 Å². The number of nitrogens with one attached hydrogen (secondary N) is 1. The van der Waals surface area contributed by atoms with Gasteiger partial charge < -0.3 is 16.0 Å². The van der Waals surface area contributed by atoms with Crippen LogP contribution < -0.4 is 11.1 Å². The third-order valence-corrected chi connectivity index (χ3v) is 2.49. The van der Waals surface area contributed by atoms with Crippen molar-refractivity contribution in [1.82, 2.24) is 10.2 Å². The molecule has 1 unspecified atom stereocenters. The Morgan fingerprint density at radius 2 is 2.38 bits per heavy atom. The fourth-order valence-electron chi connectivity index (χ4n) is 1.77. The van der Waals surface area contributed by atoms with Crippen LogP contribution in [0.5, 0.6) is 0 Å². The number of likely N-dealkylation sites (tertiary alicyclic amines) is 1. The second-order valence-corrected chi connectivity index (χ2v) is 3.41. The lowest BCUT2D eigenvalue weighted by molar-refractivity contribution is 0.154. The zero-order valence-corrected chi connectivity index (χ0v) is 8.25. The molecule has 1 fully saturated rings. The molecule has 0 saturated carbocycles. The standard InChI is InChI=1S/C9H19N3O/c1-2-11-9(13)12-6-4-3-5-8(12)7-10/h8H,2-7,10H2,1H3,(H,11,13). The first kappa shape index (κ1) is 10.3. The number of piperidine rings is 1. The van der Waals surface area contributed by atoms with E-state index in [-0.39, 0.29) is 12.1 Å². The Labute approximate surface area is 79.5 Å². The maximum absolute atomic E-state index is 11.5. The summed E-state index contributed by atoms with van der Waals surface area (Å²) < 4.78 is 0. The number of carbonyl (C=O) groups excluding carboxylic acids is 1. The molecule has 0 aromatic carbocycles. The molecule has 13 heavy (non-hydrogen) atoms. The monoisotopic (exact) mass is 185 g/mol. The molecule has 1 saturated heterocycles. The Morgan fingerprint density at radius 3 is 3.00 bits per heavy atom. The number of hydrogen-bond donors (Lipinski definition) is 2. The summed E-state index contributed by atoms with van der Waals surface area (Å²) >= 11 is 0. The van der Waals surface area contributed by atoms with Gasteiger partial charge in [-0.2, -0.15) is 0 Å². The molecule has 4 heteroatoms. The van der Waals surface area contributed by atoms with Gasteiger partial charge in [0, 0.05) is 25.7 Å². The molecule has 3 N–H and O–H groups in total. The van der Waals surface area contributed by atoms with E-state index in [1.807, 2.05) is 11.8 Å². The summed E-state index contributed by atoms with van der Waals surface area (Å²) in [6.45, 7) is 4.05. The summed E-state index contributed by atoms with van der Waals surface area (Å²) in [6.07, 6.45) is 3.35. The first-order chi connectivity index (χ1) is 6.29. The van der Waals surface area contributed by atoms with Crippen molar-refractivity contribution < 1.29 is 4.79 Å². The van der Waals surface area contributed by atoms with Crippen LogP contribution in [0.1, 0.15) is 26.2 Å². The maximum Gasteiger partial charge on any atom is 0.317 e. The minimum atomic E-state index is 0.0395. The lowest BCUT2D eigenvalue weighted by Crippen LogP contribution is -2.51. The van der Waals surface area contributed by atoms with Crippen LogP contribution in [-0.4, -0.2) is 36.6 Å². The van der Waals surface area contributed by atoms with Crippen LogP contribution in [0.3, 0.4) is 0 Å². The van der Waals surface area contributed by atoms with Crippen LogP contribution in [0.4, 0.5) is 4.79 Å². The highest BCUT2D eigenvalue weighted by Crippen LogP contribution is 2.15. The van der Waals surface area contributed by atoms with E-state index >= 15 is 0 Å². The molecule has 1 aliphatic heterocycles. The van der Waals surface area contributed by atoms with Gasteiger partial charge in [0.15, 0.2) is 0 Å². The number of carbonyl (C=O) groups is 1. The molecule has 0 aromatic rings. The van der Waals surface area contributed by atoms with Crippen molar-refractivity contribution in [2.45, 2.75) is 32.2 Å². The quantitative estimate of drug-likeness (QED) is 0.659. The van der Waals surface area contributed by atoms with E-state index in [4.69, 9.17) is 5.73 Å². The first-order valence-electron chi connectivity index (χ1n) is 5.04. The van der Waals surface area contributed by atoms with Crippen molar-refractivity contribution in [2.75, 3.05) is 19.6 Å². The van der Waals surface area contributed by atoms with Gasteiger partial charge in [0.2, 0.25) is 0 Å². The van der Waals surface area contributed by atoms with Crippen molar-refractivity contribution in [3.8, 4) is 0 Å². The summed E-state index contributed by atoms with van der Waals surface area (Å²) in [5.74, 6) is 0. The summed E-state index contributed by atoms with van der Waals surface area (Å²) in [6, 6.07) is 0.290. The largest absolute Gasteiger partial charge is 0.338 e. The van der Waals surface area contributed by atoms with E-state index in [9.17, 15) is 4.79 Å². The van der Waals surface area contributed by atoms with Crippen molar-refractivity contribution in [3.05, 3.63) is 0 Å². The number of urea groups is 1. The molecule has 2 amide bonds. The fourth-order valence-corrected chi connectivity index (χ4v) is 1.77. The average molecular weight is 185 g/mol. The Kier molecular flexibility index (Phi) is 4.02. The van der Waals surface area contributed by atoms with Crippen LogP contribution in [0.2, 0.25) is 0 Å². The highest BCUT2D eigenvalue weighted by Gasteiger charge is 2.24. The lowest BCUT2D eigenvalue weighted by Gasteiger charge is -2.34. The summed E-state index contributed by atoms with van der Waals surface area (Å²) in [5, 5.41) is 2.81. The number of hydrogen-bond acceptors (Lipinski definition) is 2. The minimum Gasteiger partial charge on any atom is -0.338 e. The molecule has 0 aromatic heterocycles. The van der Waals surface area contributed by atoms with Gasteiger partial charge in [-0.15, -0.1) is 0 Å². The van der Waals surface area contributed by atoms with E-state index in [1.165, 1.54) is 6.42 Å². The second-order valence-electron chi connectivity index (χ2n) is 3.41. The van der Waals surface area contributed by atoms with Crippen molar-refractivity contribution in [3.63, 3.8) is 0 Å². The average Bonchev–Trinajstić information content (AvgIpc) is 2.18. The number of nitrogens with zero attached hydrogens (tertiary/aromatic N) is 1. The lowest BCUT2D eigenvalue weighted by atomic mass is 10.0. The summed E-state index contributed by atoms with van der Waals surface area (Å²) in [5.41, 5.74) is 5.61. The molecule has 0 spiro atoms. The van der Waals surface area contributed by atoms with Gasteiger partial charge in [-0.1, -0.05) is 0 Å². The molecular formula is C9H19N3O. The second kappa shape index (κ2) is 5.07. The molecule has 0 radical (unpaired) electrons. The van der Waals surface area contributed by atoms with E-state index < -0.39 is 0 Å². The van der Waals surface area contributed by atoms with Crippen LogP contribution in [0.15, 0.2) is 0 Å². The summed E-state index contributed by atoms with van der Waals surface area (Å²) in [7, 11) is 0. The van der Waals surface area contributed by atoms with Gasteiger partial charge in [0.1, 0.15) is 0 Å². The van der Waals surface area contributed by atoms with E-state index in [1.54, 1.807) is 0 Å². The summed E-state index contributed by atoms with van der Waals surface area (Å²) in [4.78, 5) is 13.4. The predicted octanol–water partition coefficient (Wildman–Crippen LogP) is 0.529. The Bertz CT molecular complexity index is 172. The molecule has 76 valence electrons.